The van der Waals surface area contributed by atoms with Crippen LogP contribution < -0.4 is 0 Å². The lowest BCUT2D eigenvalue weighted by Gasteiger charge is -2.17. The maximum absolute atomic E-state index is 4.59. The fourth-order valence-corrected chi connectivity index (χ4v) is 8.15. The SMILES string of the molecule is c1ccc2cc(-c3c4ccccc4c(Sc4cccc5sc6ccccc6c45)c4ccncc34)ccc2c1. The third-order valence-corrected chi connectivity index (χ3v) is 9.73. The third kappa shape index (κ3) is 3.36. The normalized spacial score (nSPS) is 11.8. The van der Waals surface area contributed by atoms with Crippen molar-refractivity contribution in [1.29, 1.82) is 0 Å². The molecule has 0 spiro atoms. The first-order chi connectivity index (χ1) is 18.8. The molecule has 8 rings (SSSR count). The minimum Gasteiger partial charge on any atom is -0.264 e. The molecule has 178 valence electrons. The van der Waals surface area contributed by atoms with Crippen LogP contribution in [-0.2, 0) is 0 Å². The van der Waals surface area contributed by atoms with Gasteiger partial charge in [0.1, 0.15) is 0 Å². The highest BCUT2D eigenvalue weighted by Gasteiger charge is 2.18. The molecule has 0 amide bonds. The van der Waals surface area contributed by atoms with Gasteiger partial charge in [-0.25, -0.2) is 0 Å². The molecular weight excluding hydrogens is 499 g/mol. The van der Waals surface area contributed by atoms with E-state index >= 15 is 0 Å². The molecule has 0 unspecified atom stereocenters. The molecule has 8 aromatic rings. The number of rotatable bonds is 3. The molecule has 0 bridgehead atoms. The van der Waals surface area contributed by atoms with E-state index in [-0.39, 0.29) is 0 Å². The Morgan fingerprint density at radius 3 is 2.21 bits per heavy atom. The number of fused-ring (bicyclic) bond motifs is 6. The standard InChI is InChI=1S/C35H21NS2/c1-2-9-23-20-24(17-16-22(23)8-1)33-25-10-3-4-11-26(25)35(27-18-19-36-21-29(27)33)38-32-15-7-14-31-34(32)28-12-5-6-13-30(28)37-31/h1-21H. The fourth-order valence-electron chi connectivity index (χ4n) is 5.68. The van der Waals surface area contributed by atoms with E-state index in [0.29, 0.717) is 0 Å². The fraction of sp³-hybridized carbons (Fsp3) is 0. The molecule has 2 heterocycles. The van der Waals surface area contributed by atoms with E-state index in [1.807, 2.05) is 35.5 Å². The Morgan fingerprint density at radius 1 is 0.553 bits per heavy atom. The zero-order chi connectivity index (χ0) is 25.1. The molecule has 0 saturated carbocycles. The molecule has 0 radical (unpaired) electrons. The van der Waals surface area contributed by atoms with Crippen LogP contribution in [-0.4, -0.2) is 4.98 Å². The van der Waals surface area contributed by atoms with Crippen molar-refractivity contribution in [3.8, 4) is 11.1 Å². The Bertz CT molecular complexity index is 2120. The smallest absolute Gasteiger partial charge is 0.0366 e. The van der Waals surface area contributed by atoms with Gasteiger partial charge in [0.15, 0.2) is 0 Å². The molecule has 3 heteroatoms. The van der Waals surface area contributed by atoms with Crippen LogP contribution in [0.5, 0.6) is 0 Å². The minimum atomic E-state index is 1.19. The third-order valence-electron chi connectivity index (χ3n) is 7.39. The topological polar surface area (TPSA) is 12.9 Å². The van der Waals surface area contributed by atoms with Crippen LogP contribution >= 0.6 is 23.1 Å². The zero-order valence-electron chi connectivity index (χ0n) is 20.4. The van der Waals surface area contributed by atoms with Crippen molar-refractivity contribution < 1.29 is 0 Å². The molecular formula is C35H21NS2. The zero-order valence-corrected chi connectivity index (χ0v) is 22.0. The van der Waals surface area contributed by atoms with Gasteiger partial charge in [0, 0.05) is 47.7 Å². The molecule has 0 aliphatic rings. The predicted molar refractivity (Wildman–Crippen MR) is 166 cm³/mol. The van der Waals surface area contributed by atoms with E-state index in [9.17, 15) is 0 Å². The summed E-state index contributed by atoms with van der Waals surface area (Å²) < 4.78 is 2.67. The molecule has 0 aliphatic heterocycles. The van der Waals surface area contributed by atoms with Crippen molar-refractivity contribution in [2.75, 3.05) is 0 Å². The number of pyridine rings is 1. The highest BCUT2D eigenvalue weighted by atomic mass is 32.2. The van der Waals surface area contributed by atoms with E-state index in [2.05, 4.69) is 120 Å². The highest BCUT2D eigenvalue weighted by molar-refractivity contribution is 8.00. The number of benzene rings is 6. The summed E-state index contributed by atoms with van der Waals surface area (Å²) in [5, 5.41) is 10.1. The Morgan fingerprint density at radius 2 is 1.29 bits per heavy atom. The van der Waals surface area contributed by atoms with E-state index in [1.54, 1.807) is 0 Å². The minimum absolute atomic E-state index is 1.19. The summed E-state index contributed by atoms with van der Waals surface area (Å²) in [6.07, 6.45) is 3.96. The average Bonchev–Trinajstić information content (AvgIpc) is 3.36. The number of thiophene rings is 1. The number of hydrogen-bond donors (Lipinski definition) is 0. The summed E-state index contributed by atoms with van der Waals surface area (Å²) >= 11 is 3.75. The summed E-state index contributed by atoms with van der Waals surface area (Å²) in [5.74, 6) is 0. The van der Waals surface area contributed by atoms with Crippen molar-refractivity contribution >= 4 is 75.6 Å². The monoisotopic (exact) mass is 519 g/mol. The predicted octanol–water partition coefficient (Wildman–Crippen LogP) is 10.7. The number of hydrogen-bond acceptors (Lipinski definition) is 3. The summed E-state index contributed by atoms with van der Waals surface area (Å²) in [5.41, 5.74) is 2.47. The van der Waals surface area contributed by atoms with E-state index in [1.165, 1.54) is 73.4 Å². The van der Waals surface area contributed by atoms with Gasteiger partial charge >= 0.3 is 0 Å². The van der Waals surface area contributed by atoms with Crippen LogP contribution in [0.3, 0.4) is 0 Å². The van der Waals surface area contributed by atoms with Gasteiger partial charge in [0.05, 0.1) is 0 Å². The van der Waals surface area contributed by atoms with Gasteiger partial charge < -0.3 is 0 Å². The Labute approximate surface area is 228 Å². The van der Waals surface area contributed by atoms with Crippen LogP contribution in [0.1, 0.15) is 0 Å². The van der Waals surface area contributed by atoms with Gasteiger partial charge in [-0.2, -0.15) is 0 Å². The van der Waals surface area contributed by atoms with Crippen LogP contribution in [0, 0.1) is 0 Å². The van der Waals surface area contributed by atoms with Crippen molar-refractivity contribution in [1.82, 2.24) is 4.98 Å². The molecule has 6 aromatic carbocycles. The molecule has 1 nitrogen and oxygen atoms in total. The molecule has 0 saturated heterocycles. The van der Waals surface area contributed by atoms with Crippen LogP contribution in [0.15, 0.2) is 137 Å². The van der Waals surface area contributed by atoms with Crippen molar-refractivity contribution in [3.05, 3.63) is 128 Å². The summed E-state index contributed by atoms with van der Waals surface area (Å²) in [7, 11) is 0. The van der Waals surface area contributed by atoms with E-state index in [4.69, 9.17) is 0 Å². The quantitative estimate of drug-likeness (QED) is 0.215. The first-order valence-electron chi connectivity index (χ1n) is 12.7. The van der Waals surface area contributed by atoms with Gasteiger partial charge in [0.25, 0.3) is 0 Å². The van der Waals surface area contributed by atoms with Crippen LogP contribution in [0.4, 0.5) is 0 Å². The first-order valence-corrected chi connectivity index (χ1v) is 14.3. The largest absolute Gasteiger partial charge is 0.264 e. The molecule has 0 atom stereocenters. The van der Waals surface area contributed by atoms with Crippen molar-refractivity contribution in [2.45, 2.75) is 9.79 Å². The molecule has 0 aliphatic carbocycles. The summed E-state index contributed by atoms with van der Waals surface area (Å²) in [6.45, 7) is 0. The van der Waals surface area contributed by atoms with Gasteiger partial charge in [-0.3, -0.25) is 4.98 Å². The molecule has 0 N–H and O–H groups in total. The maximum Gasteiger partial charge on any atom is 0.0366 e. The maximum atomic E-state index is 4.59. The number of nitrogens with zero attached hydrogens (tertiary/aromatic N) is 1. The number of aromatic nitrogens is 1. The van der Waals surface area contributed by atoms with E-state index < -0.39 is 0 Å². The van der Waals surface area contributed by atoms with E-state index in [0.717, 1.165) is 0 Å². The Hall–Kier alpha value is -4.18. The van der Waals surface area contributed by atoms with Crippen LogP contribution in [0.25, 0.3) is 63.6 Å². The van der Waals surface area contributed by atoms with Gasteiger partial charge in [-0.15, -0.1) is 11.3 Å². The lowest BCUT2D eigenvalue weighted by molar-refractivity contribution is 1.36. The molecule has 38 heavy (non-hydrogen) atoms. The second-order valence-electron chi connectivity index (χ2n) is 9.56. The summed E-state index contributed by atoms with van der Waals surface area (Å²) in [4.78, 5) is 7.17. The second kappa shape index (κ2) is 8.70. The van der Waals surface area contributed by atoms with Gasteiger partial charge in [0.2, 0.25) is 0 Å². The highest BCUT2D eigenvalue weighted by Crippen LogP contribution is 2.48. The molecule has 2 aromatic heterocycles. The second-order valence-corrected chi connectivity index (χ2v) is 11.7. The van der Waals surface area contributed by atoms with Gasteiger partial charge in [-0.1, -0.05) is 96.7 Å². The van der Waals surface area contributed by atoms with Crippen molar-refractivity contribution in [2.24, 2.45) is 0 Å². The Kier molecular flexibility index (Phi) is 5.00. The Balaban J connectivity index is 1.43. The lowest BCUT2D eigenvalue weighted by Crippen LogP contribution is -1.90. The van der Waals surface area contributed by atoms with Gasteiger partial charge in [-0.05, 0) is 68.4 Å². The average molecular weight is 520 g/mol. The van der Waals surface area contributed by atoms with Crippen molar-refractivity contribution in [3.63, 3.8) is 0 Å². The molecule has 0 fully saturated rings. The van der Waals surface area contributed by atoms with Crippen LogP contribution in [0.2, 0.25) is 0 Å². The summed E-state index contributed by atoms with van der Waals surface area (Å²) in [6, 6.07) is 41.8. The first kappa shape index (κ1) is 21.9. The lowest BCUT2D eigenvalue weighted by atomic mass is 9.92.